The van der Waals surface area contributed by atoms with E-state index in [1.165, 1.54) is 11.3 Å². The first-order valence-corrected chi connectivity index (χ1v) is 6.74. The van der Waals surface area contributed by atoms with Crippen molar-refractivity contribution in [2.45, 2.75) is 19.9 Å². The van der Waals surface area contributed by atoms with Gasteiger partial charge < -0.3 is 4.74 Å². The largest absolute Gasteiger partial charge is 0.497 e. The maximum absolute atomic E-state index is 5.29. The van der Waals surface area contributed by atoms with E-state index in [2.05, 4.69) is 28.1 Å². The Bertz CT molecular complexity index is 577. The molecule has 1 aliphatic rings. The van der Waals surface area contributed by atoms with Crippen LogP contribution in [0.3, 0.4) is 0 Å². The van der Waals surface area contributed by atoms with E-state index in [4.69, 9.17) is 4.74 Å². The van der Waals surface area contributed by atoms with E-state index < -0.39 is 0 Å². The molecule has 0 atom stereocenters. The number of methoxy groups -OCH3 is 1. The third-order valence-corrected chi connectivity index (χ3v) is 3.80. The van der Waals surface area contributed by atoms with Crippen molar-refractivity contribution in [3.05, 3.63) is 35.5 Å². The van der Waals surface area contributed by atoms with Gasteiger partial charge in [-0.1, -0.05) is 19.1 Å². The van der Waals surface area contributed by atoms with E-state index in [1.54, 1.807) is 7.11 Å². The number of aromatic amines is 1. The first-order valence-electron chi connectivity index (χ1n) is 6.74. The molecular formula is C15H19N3O. The molecule has 2 aromatic rings. The van der Waals surface area contributed by atoms with Crippen molar-refractivity contribution in [2.75, 3.05) is 20.2 Å². The maximum atomic E-state index is 5.29. The van der Waals surface area contributed by atoms with Crippen LogP contribution in [-0.2, 0) is 13.0 Å². The van der Waals surface area contributed by atoms with Gasteiger partial charge in [0.1, 0.15) is 5.75 Å². The molecule has 0 fully saturated rings. The second kappa shape index (κ2) is 5.05. The van der Waals surface area contributed by atoms with Crippen LogP contribution in [0.4, 0.5) is 0 Å². The van der Waals surface area contributed by atoms with Gasteiger partial charge in [0.25, 0.3) is 0 Å². The summed E-state index contributed by atoms with van der Waals surface area (Å²) in [4.78, 5) is 2.45. The smallest absolute Gasteiger partial charge is 0.119 e. The van der Waals surface area contributed by atoms with Crippen LogP contribution in [-0.4, -0.2) is 35.3 Å². The first kappa shape index (κ1) is 12.2. The number of fused-ring (bicyclic) bond motifs is 1. The van der Waals surface area contributed by atoms with Crippen molar-refractivity contribution >= 4 is 0 Å². The second-order valence-electron chi connectivity index (χ2n) is 4.88. The third kappa shape index (κ3) is 2.24. The fraction of sp³-hybridized carbons (Fsp3) is 0.400. The minimum absolute atomic E-state index is 0.873. The van der Waals surface area contributed by atoms with E-state index in [0.717, 1.165) is 43.1 Å². The summed E-state index contributed by atoms with van der Waals surface area (Å²) < 4.78 is 5.29. The predicted octanol–water partition coefficient (Wildman–Crippen LogP) is 2.46. The van der Waals surface area contributed by atoms with E-state index in [1.807, 2.05) is 18.2 Å². The van der Waals surface area contributed by atoms with Gasteiger partial charge >= 0.3 is 0 Å². The number of benzene rings is 1. The number of H-pyrrole nitrogens is 1. The average molecular weight is 257 g/mol. The molecule has 0 saturated carbocycles. The van der Waals surface area contributed by atoms with Gasteiger partial charge in [0.2, 0.25) is 0 Å². The summed E-state index contributed by atoms with van der Waals surface area (Å²) in [5, 5.41) is 7.69. The Morgan fingerprint density at radius 2 is 2.32 bits per heavy atom. The van der Waals surface area contributed by atoms with Gasteiger partial charge in [-0.25, -0.2) is 0 Å². The topological polar surface area (TPSA) is 41.2 Å². The minimum Gasteiger partial charge on any atom is -0.497 e. The molecule has 1 aromatic carbocycles. The Hall–Kier alpha value is -1.81. The summed E-state index contributed by atoms with van der Waals surface area (Å²) in [5.41, 5.74) is 4.80. The Morgan fingerprint density at radius 1 is 1.42 bits per heavy atom. The molecule has 1 N–H and O–H groups in total. The lowest BCUT2D eigenvalue weighted by molar-refractivity contribution is 0.267. The highest BCUT2D eigenvalue weighted by Gasteiger charge is 2.21. The van der Waals surface area contributed by atoms with Crippen LogP contribution in [0.25, 0.3) is 11.3 Å². The molecule has 19 heavy (non-hydrogen) atoms. The highest BCUT2D eigenvalue weighted by molar-refractivity contribution is 5.65. The molecule has 0 bridgehead atoms. The summed E-state index contributed by atoms with van der Waals surface area (Å²) in [7, 11) is 1.69. The summed E-state index contributed by atoms with van der Waals surface area (Å²) in [6.07, 6.45) is 1.06. The Labute approximate surface area is 113 Å². The predicted molar refractivity (Wildman–Crippen MR) is 75.2 cm³/mol. The van der Waals surface area contributed by atoms with Crippen LogP contribution < -0.4 is 4.74 Å². The highest BCUT2D eigenvalue weighted by Crippen LogP contribution is 2.30. The normalized spacial score (nSPS) is 15.3. The number of likely N-dealkylation sites (N-methyl/N-ethyl adjacent to an activating group) is 1. The summed E-state index contributed by atoms with van der Waals surface area (Å²) in [6, 6.07) is 8.10. The molecule has 1 aliphatic heterocycles. The van der Waals surface area contributed by atoms with Gasteiger partial charge in [0, 0.05) is 36.3 Å². The number of nitrogens with zero attached hydrogens (tertiary/aromatic N) is 2. The Balaban J connectivity index is 1.99. The van der Waals surface area contributed by atoms with Crippen LogP contribution in [0.2, 0.25) is 0 Å². The lowest BCUT2D eigenvalue weighted by Gasteiger charge is -2.25. The quantitative estimate of drug-likeness (QED) is 0.918. The zero-order valence-electron chi connectivity index (χ0n) is 11.4. The lowest BCUT2D eigenvalue weighted by atomic mass is 10.0. The van der Waals surface area contributed by atoms with Gasteiger partial charge in [0.15, 0.2) is 0 Å². The zero-order chi connectivity index (χ0) is 13.2. The molecule has 100 valence electrons. The monoisotopic (exact) mass is 257 g/mol. The van der Waals surface area contributed by atoms with E-state index in [9.17, 15) is 0 Å². The summed E-state index contributed by atoms with van der Waals surface area (Å²) in [5.74, 6) is 0.873. The molecular weight excluding hydrogens is 238 g/mol. The molecule has 4 heteroatoms. The summed E-state index contributed by atoms with van der Waals surface area (Å²) >= 11 is 0. The maximum Gasteiger partial charge on any atom is 0.119 e. The molecule has 0 amide bonds. The average Bonchev–Trinajstić information content (AvgIpc) is 2.90. The number of rotatable bonds is 3. The molecule has 0 radical (unpaired) electrons. The van der Waals surface area contributed by atoms with Crippen LogP contribution in [0.1, 0.15) is 18.2 Å². The number of hydrogen-bond acceptors (Lipinski definition) is 3. The number of hydrogen-bond donors (Lipinski definition) is 1. The molecule has 2 heterocycles. The van der Waals surface area contributed by atoms with Crippen LogP contribution >= 0.6 is 0 Å². The van der Waals surface area contributed by atoms with E-state index >= 15 is 0 Å². The molecule has 1 aromatic heterocycles. The fourth-order valence-corrected chi connectivity index (χ4v) is 2.63. The van der Waals surface area contributed by atoms with Gasteiger partial charge in [0.05, 0.1) is 12.8 Å². The fourth-order valence-electron chi connectivity index (χ4n) is 2.63. The first-order chi connectivity index (χ1) is 9.31. The van der Waals surface area contributed by atoms with Crippen LogP contribution in [0, 0.1) is 0 Å². The van der Waals surface area contributed by atoms with Crippen molar-refractivity contribution in [1.82, 2.24) is 15.1 Å². The van der Waals surface area contributed by atoms with Crippen LogP contribution in [0.5, 0.6) is 5.75 Å². The lowest BCUT2D eigenvalue weighted by Crippen LogP contribution is -2.30. The molecule has 0 spiro atoms. The number of aromatic nitrogens is 2. The Kier molecular flexibility index (Phi) is 3.25. The van der Waals surface area contributed by atoms with Gasteiger partial charge in [-0.15, -0.1) is 0 Å². The minimum atomic E-state index is 0.873. The highest BCUT2D eigenvalue weighted by atomic mass is 16.5. The zero-order valence-corrected chi connectivity index (χ0v) is 11.4. The number of ether oxygens (including phenoxy) is 1. The van der Waals surface area contributed by atoms with Crippen molar-refractivity contribution in [2.24, 2.45) is 0 Å². The van der Waals surface area contributed by atoms with E-state index in [-0.39, 0.29) is 0 Å². The molecule has 0 aliphatic carbocycles. The molecule has 4 nitrogen and oxygen atoms in total. The van der Waals surface area contributed by atoms with Crippen molar-refractivity contribution in [3.8, 4) is 17.0 Å². The standard InChI is InChI=1S/C15H19N3O/c1-3-18-8-7-14-13(10-18)15(17-16-14)11-5-4-6-12(9-11)19-2/h4-6,9H,3,7-8,10H2,1-2H3,(H,16,17). The van der Waals surface area contributed by atoms with Crippen molar-refractivity contribution in [1.29, 1.82) is 0 Å². The third-order valence-electron chi connectivity index (χ3n) is 3.80. The van der Waals surface area contributed by atoms with Gasteiger partial charge in [-0.3, -0.25) is 10.00 Å². The Morgan fingerprint density at radius 3 is 3.11 bits per heavy atom. The van der Waals surface area contributed by atoms with Gasteiger partial charge in [-0.05, 0) is 18.7 Å². The number of nitrogens with one attached hydrogen (secondary N) is 1. The van der Waals surface area contributed by atoms with E-state index in [0.29, 0.717) is 0 Å². The van der Waals surface area contributed by atoms with Gasteiger partial charge in [-0.2, -0.15) is 5.10 Å². The molecule has 0 unspecified atom stereocenters. The van der Waals surface area contributed by atoms with Crippen LogP contribution in [0.15, 0.2) is 24.3 Å². The second-order valence-corrected chi connectivity index (χ2v) is 4.88. The molecule has 0 saturated heterocycles. The van der Waals surface area contributed by atoms with Crippen molar-refractivity contribution in [3.63, 3.8) is 0 Å². The van der Waals surface area contributed by atoms with Crippen molar-refractivity contribution < 1.29 is 4.74 Å². The summed E-state index contributed by atoms with van der Waals surface area (Å²) in [6.45, 7) is 5.39. The SMILES string of the molecule is CCN1CCc2[nH]nc(-c3cccc(OC)c3)c2C1. The molecule has 3 rings (SSSR count).